The average Bonchev–Trinajstić information content (AvgIpc) is 3.12. The highest BCUT2D eigenvalue weighted by atomic mass is 127. The van der Waals surface area contributed by atoms with Gasteiger partial charge < -0.3 is 14.4 Å². The Bertz CT molecular complexity index is 769. The SMILES string of the molecule is COc1nc(C2CCN(C(=O)OC(C)(C)C)C2)cc2ncc(I)n12. The van der Waals surface area contributed by atoms with Gasteiger partial charge in [-0.1, -0.05) is 0 Å². The Morgan fingerprint density at radius 1 is 1.42 bits per heavy atom. The van der Waals surface area contributed by atoms with E-state index in [-0.39, 0.29) is 12.0 Å². The second-order valence-corrected chi connectivity index (χ2v) is 7.96. The third-order valence-corrected chi connectivity index (χ3v) is 4.64. The molecule has 130 valence electrons. The molecule has 1 fully saturated rings. The number of hydrogen-bond acceptors (Lipinski definition) is 5. The monoisotopic (exact) mass is 444 g/mol. The van der Waals surface area contributed by atoms with E-state index < -0.39 is 5.60 Å². The summed E-state index contributed by atoms with van der Waals surface area (Å²) in [6.45, 7) is 6.88. The lowest BCUT2D eigenvalue weighted by molar-refractivity contribution is 0.0292. The molecule has 0 saturated carbocycles. The van der Waals surface area contributed by atoms with E-state index in [1.807, 2.05) is 31.2 Å². The largest absolute Gasteiger partial charge is 0.468 e. The van der Waals surface area contributed by atoms with Crippen LogP contribution in [0.3, 0.4) is 0 Å². The summed E-state index contributed by atoms with van der Waals surface area (Å²) in [6, 6.07) is 2.48. The number of aromatic nitrogens is 3. The van der Waals surface area contributed by atoms with Crippen LogP contribution in [0.5, 0.6) is 6.01 Å². The Labute approximate surface area is 154 Å². The summed E-state index contributed by atoms with van der Waals surface area (Å²) in [6.07, 6.45) is 2.36. The van der Waals surface area contributed by atoms with Crippen molar-refractivity contribution in [2.45, 2.75) is 38.7 Å². The van der Waals surface area contributed by atoms with E-state index in [1.54, 1.807) is 18.2 Å². The van der Waals surface area contributed by atoms with Gasteiger partial charge in [-0.15, -0.1) is 0 Å². The molecule has 2 aromatic heterocycles. The number of fused-ring (bicyclic) bond motifs is 1. The van der Waals surface area contributed by atoms with Crippen molar-refractivity contribution in [3.05, 3.63) is 21.7 Å². The Morgan fingerprint density at radius 2 is 2.17 bits per heavy atom. The van der Waals surface area contributed by atoms with Gasteiger partial charge in [0, 0.05) is 25.1 Å². The maximum Gasteiger partial charge on any atom is 0.410 e. The second-order valence-electron chi connectivity index (χ2n) is 6.85. The molecule has 1 amide bonds. The number of carbonyl (C=O) groups is 1. The van der Waals surface area contributed by atoms with Crippen LogP contribution in [0.2, 0.25) is 0 Å². The number of ether oxygens (including phenoxy) is 2. The van der Waals surface area contributed by atoms with Crippen LogP contribution in [0, 0.1) is 3.70 Å². The Hall–Kier alpha value is -1.58. The van der Waals surface area contributed by atoms with Crippen LogP contribution in [0.25, 0.3) is 5.65 Å². The van der Waals surface area contributed by atoms with Gasteiger partial charge in [0.05, 0.1) is 19.0 Å². The zero-order chi connectivity index (χ0) is 17.5. The number of hydrogen-bond donors (Lipinski definition) is 0. The van der Waals surface area contributed by atoms with Crippen molar-refractivity contribution in [2.24, 2.45) is 0 Å². The fourth-order valence-electron chi connectivity index (χ4n) is 2.80. The van der Waals surface area contributed by atoms with Crippen LogP contribution in [-0.4, -0.2) is 51.2 Å². The highest BCUT2D eigenvalue weighted by Crippen LogP contribution is 2.29. The molecule has 0 N–H and O–H groups in total. The van der Waals surface area contributed by atoms with Crippen LogP contribution in [0.1, 0.15) is 38.8 Å². The molecule has 7 nitrogen and oxygen atoms in total. The molecule has 2 aromatic rings. The molecule has 24 heavy (non-hydrogen) atoms. The standard InChI is InChI=1S/C16H21IN4O3/c1-16(2,3)24-15(22)20-6-5-10(9-20)11-7-13-18-8-12(17)21(13)14(19-11)23-4/h7-8,10H,5-6,9H2,1-4H3. The van der Waals surface area contributed by atoms with Crippen molar-refractivity contribution in [2.75, 3.05) is 20.2 Å². The van der Waals surface area contributed by atoms with E-state index in [1.165, 1.54) is 0 Å². The highest BCUT2D eigenvalue weighted by molar-refractivity contribution is 14.1. The fraction of sp³-hybridized carbons (Fsp3) is 0.562. The molecule has 1 aliphatic rings. The minimum Gasteiger partial charge on any atom is -0.468 e. The van der Waals surface area contributed by atoms with E-state index in [0.29, 0.717) is 19.1 Å². The third-order valence-electron chi connectivity index (χ3n) is 3.88. The second kappa shape index (κ2) is 6.38. The third kappa shape index (κ3) is 3.42. The van der Waals surface area contributed by atoms with Gasteiger partial charge in [-0.2, -0.15) is 0 Å². The summed E-state index contributed by atoms with van der Waals surface area (Å²) in [5.74, 6) is 0.158. The molecule has 0 bridgehead atoms. The molecule has 1 aliphatic heterocycles. The van der Waals surface area contributed by atoms with Crippen molar-refractivity contribution in [3.63, 3.8) is 0 Å². The van der Waals surface area contributed by atoms with Crippen molar-refractivity contribution in [3.8, 4) is 6.01 Å². The van der Waals surface area contributed by atoms with Crippen molar-refractivity contribution in [1.82, 2.24) is 19.3 Å². The Morgan fingerprint density at radius 3 is 2.83 bits per heavy atom. The van der Waals surface area contributed by atoms with Gasteiger partial charge in [0.25, 0.3) is 0 Å². The quantitative estimate of drug-likeness (QED) is 0.667. The van der Waals surface area contributed by atoms with E-state index in [0.717, 1.165) is 21.5 Å². The summed E-state index contributed by atoms with van der Waals surface area (Å²) in [5, 5.41) is 0. The predicted octanol–water partition coefficient (Wildman–Crippen LogP) is 3.07. The van der Waals surface area contributed by atoms with Crippen LogP contribution in [0.15, 0.2) is 12.3 Å². The van der Waals surface area contributed by atoms with Crippen molar-refractivity contribution >= 4 is 34.3 Å². The first-order chi connectivity index (χ1) is 11.3. The average molecular weight is 444 g/mol. The van der Waals surface area contributed by atoms with Crippen LogP contribution >= 0.6 is 22.6 Å². The number of methoxy groups -OCH3 is 1. The molecule has 3 rings (SSSR count). The molecule has 0 aliphatic carbocycles. The van der Waals surface area contributed by atoms with Gasteiger partial charge >= 0.3 is 12.1 Å². The highest BCUT2D eigenvalue weighted by Gasteiger charge is 2.32. The number of carbonyl (C=O) groups excluding carboxylic acids is 1. The molecule has 8 heteroatoms. The molecule has 1 unspecified atom stereocenters. The lowest BCUT2D eigenvalue weighted by atomic mass is 10.0. The van der Waals surface area contributed by atoms with E-state index >= 15 is 0 Å². The summed E-state index contributed by atoms with van der Waals surface area (Å²) < 4.78 is 13.7. The van der Waals surface area contributed by atoms with Gasteiger partial charge in [-0.3, -0.25) is 0 Å². The van der Waals surface area contributed by atoms with Crippen LogP contribution in [0.4, 0.5) is 4.79 Å². The lowest BCUT2D eigenvalue weighted by Gasteiger charge is -2.24. The van der Waals surface area contributed by atoms with Gasteiger partial charge in [-0.25, -0.2) is 19.2 Å². The number of likely N-dealkylation sites (tertiary alicyclic amines) is 1. The number of rotatable bonds is 2. The maximum atomic E-state index is 12.2. The fourth-order valence-corrected chi connectivity index (χ4v) is 3.39. The smallest absolute Gasteiger partial charge is 0.410 e. The summed E-state index contributed by atoms with van der Waals surface area (Å²) >= 11 is 2.20. The number of nitrogens with zero attached hydrogens (tertiary/aromatic N) is 4. The van der Waals surface area contributed by atoms with Gasteiger partial charge in [-0.05, 0) is 49.8 Å². The number of halogens is 1. The molecule has 0 aromatic carbocycles. The molecule has 1 atom stereocenters. The Balaban J connectivity index is 1.81. The first-order valence-corrected chi connectivity index (χ1v) is 8.92. The predicted molar refractivity (Wildman–Crippen MR) is 97.4 cm³/mol. The summed E-state index contributed by atoms with van der Waals surface area (Å²) in [7, 11) is 1.60. The first-order valence-electron chi connectivity index (χ1n) is 7.84. The minimum absolute atomic E-state index is 0.158. The first kappa shape index (κ1) is 17.2. The molecular formula is C16H21IN4O3. The van der Waals surface area contributed by atoms with Crippen LogP contribution in [-0.2, 0) is 4.74 Å². The van der Waals surface area contributed by atoms with Gasteiger partial charge in [0.1, 0.15) is 14.9 Å². The zero-order valence-electron chi connectivity index (χ0n) is 14.2. The number of imidazole rings is 1. The normalized spacial score (nSPS) is 18.2. The maximum absolute atomic E-state index is 12.2. The van der Waals surface area contributed by atoms with Crippen molar-refractivity contribution < 1.29 is 14.3 Å². The topological polar surface area (TPSA) is 69.0 Å². The minimum atomic E-state index is -0.484. The van der Waals surface area contributed by atoms with Gasteiger partial charge in [0.15, 0.2) is 0 Å². The van der Waals surface area contributed by atoms with E-state index in [4.69, 9.17) is 9.47 Å². The van der Waals surface area contributed by atoms with Crippen LogP contribution < -0.4 is 4.74 Å². The Kier molecular flexibility index (Phi) is 4.58. The van der Waals surface area contributed by atoms with Gasteiger partial charge in [0.2, 0.25) is 0 Å². The number of amides is 1. The van der Waals surface area contributed by atoms with Crippen molar-refractivity contribution in [1.29, 1.82) is 0 Å². The molecule has 0 radical (unpaired) electrons. The molecule has 3 heterocycles. The van der Waals surface area contributed by atoms with E-state index in [2.05, 4.69) is 32.6 Å². The molecule has 0 spiro atoms. The van der Waals surface area contributed by atoms with E-state index in [9.17, 15) is 4.79 Å². The summed E-state index contributed by atoms with van der Waals surface area (Å²) in [5.41, 5.74) is 1.21. The lowest BCUT2D eigenvalue weighted by Crippen LogP contribution is -2.35. The molecule has 1 saturated heterocycles. The zero-order valence-corrected chi connectivity index (χ0v) is 16.4. The summed E-state index contributed by atoms with van der Waals surface area (Å²) in [4.78, 5) is 23.0. The molecular weight excluding hydrogens is 423 g/mol.